The van der Waals surface area contributed by atoms with Crippen LogP contribution in [0.15, 0.2) is 76.9 Å². The van der Waals surface area contributed by atoms with Crippen molar-refractivity contribution < 1.29 is 51.7 Å². The highest BCUT2D eigenvalue weighted by Gasteiger charge is 2.62. The third-order valence-electron chi connectivity index (χ3n) is 15.5. The number of likely N-dealkylation sites (N-methyl/N-ethyl adjacent to an activating group) is 2. The van der Waals surface area contributed by atoms with E-state index in [1.165, 1.54) is 74.1 Å². The third-order valence-corrected chi connectivity index (χ3v) is 22.1. The minimum atomic E-state index is -1.85. The van der Waals surface area contributed by atoms with Gasteiger partial charge in [-0.25, -0.2) is 32.7 Å². The number of aliphatic hydroxyl groups excluding tert-OH is 1. The molecule has 2 fully saturated rings. The number of H-pyrrole nitrogens is 1. The van der Waals surface area contributed by atoms with Gasteiger partial charge in [-0.05, 0) is 95.8 Å². The number of ether oxygens (including phenoxy) is 1. The average Bonchev–Trinajstić information content (AvgIpc) is 2.11. The minimum Gasteiger partial charge on any atom is -0.477 e. The lowest BCUT2D eigenvalue weighted by Gasteiger charge is -2.48. The van der Waals surface area contributed by atoms with Crippen molar-refractivity contribution in [2.75, 3.05) is 60.4 Å². The maximum atomic E-state index is 13.4. The molecule has 0 bridgehead atoms. The van der Waals surface area contributed by atoms with Crippen molar-refractivity contribution in [2.45, 2.75) is 118 Å². The molecule has 3 aromatic heterocycles. The van der Waals surface area contributed by atoms with Gasteiger partial charge in [0.1, 0.15) is 38.0 Å². The fraction of sp³-hybridized carbons (Fsp3) is 0.545. The van der Waals surface area contributed by atoms with Gasteiger partial charge >= 0.3 is 11.9 Å². The first-order chi connectivity index (χ1) is 38.5. The summed E-state index contributed by atoms with van der Waals surface area (Å²) in [7, 11) is 2.02. The number of thiazole rings is 3. The van der Waals surface area contributed by atoms with Gasteiger partial charge in [0.05, 0.1) is 53.2 Å². The first-order valence-corrected chi connectivity index (χ1v) is 34.9. The third kappa shape index (κ3) is 13.7. The normalized spacial score (nSPS) is 27.4. The molecule has 2 amide bonds. The lowest BCUT2D eigenvalue weighted by molar-refractivity contribution is -0.163. The quantitative estimate of drug-likeness (QED) is 0.0309. The molecule has 81 heavy (non-hydrogen) atoms. The Kier molecular flexibility index (Phi) is 20.9. The first-order valence-electron chi connectivity index (χ1n) is 26.9. The summed E-state index contributed by atoms with van der Waals surface area (Å²) in [5.41, 5.74) is 6.18. The van der Waals surface area contributed by atoms with Crippen LogP contribution in [0.1, 0.15) is 64.0 Å². The molecule has 11 atom stereocenters. The van der Waals surface area contributed by atoms with Crippen LogP contribution in [0.25, 0.3) is 16.7 Å². The average molecular weight is 1250 g/mol. The van der Waals surface area contributed by atoms with Crippen LogP contribution in [0.5, 0.6) is 0 Å². The van der Waals surface area contributed by atoms with E-state index in [0.29, 0.717) is 40.9 Å². The Labute approximate surface area is 497 Å². The molecule has 26 heteroatoms. The number of nitrogens with zero attached hydrogens (tertiary/aromatic N) is 6. The molecule has 0 unspecified atom stereocenters. The number of carboxylic acids is 1. The molecule has 10 rings (SSSR count). The smallest absolute Gasteiger partial charge is 0.356 e. The van der Waals surface area contributed by atoms with Crippen LogP contribution in [0.2, 0.25) is 19.6 Å². The number of carbonyl (C=O) groups is 4. The first kappa shape index (κ1) is 63.0. The fourth-order valence-corrected chi connectivity index (χ4v) is 17.7. The van der Waals surface area contributed by atoms with Crippen LogP contribution in [-0.2, 0) is 28.3 Å². The van der Waals surface area contributed by atoms with Crippen molar-refractivity contribution >= 4 is 119 Å². The van der Waals surface area contributed by atoms with E-state index in [1.807, 2.05) is 66.9 Å². The SMILES string of the molecule is C=CCOC(=O)C1=C(Sc2nc(C3=CCN(C)[C@@H](CF)C3)cs2)[C@H](C)[C@@H]2[C@@H]([C@@H](C)O[Si](C)(C)C)C(=O)N12.CN1CC=C(c2csc(=S)[nH]2)C[C@@H]1CF.C[C@@H](O)[C@H]1C(=O)N2C(C(=O)O)=C(Sc3nc(C4=CCN[C@@H](CF)C4)cs3)[C@H](C)[C@H]12. The molecule has 0 saturated carbocycles. The summed E-state index contributed by atoms with van der Waals surface area (Å²) in [5.74, 6) is -3.29. The molecule has 0 aromatic carbocycles. The van der Waals surface area contributed by atoms with Crippen LogP contribution in [0.3, 0.4) is 0 Å². The predicted octanol–water partition coefficient (Wildman–Crippen LogP) is 9.92. The van der Waals surface area contributed by atoms with Gasteiger partial charge < -0.3 is 39.5 Å². The van der Waals surface area contributed by atoms with Crippen molar-refractivity contribution in [3.05, 3.63) is 89.3 Å². The lowest BCUT2D eigenvalue weighted by atomic mass is 9.79. The number of hydrogen-bond donors (Lipinski definition) is 4. The molecule has 2 saturated heterocycles. The number of alkyl halides is 3. The van der Waals surface area contributed by atoms with Gasteiger partial charge in [0.15, 0.2) is 21.0 Å². The van der Waals surface area contributed by atoms with E-state index in [1.54, 1.807) is 11.8 Å². The summed E-state index contributed by atoms with van der Waals surface area (Å²) in [4.78, 5) is 71.6. The number of rotatable bonds is 18. The molecule has 16 nitrogen and oxygen atoms in total. The molecule has 0 spiro atoms. The summed E-state index contributed by atoms with van der Waals surface area (Å²) in [5, 5.41) is 28.6. The molecule has 7 aliphatic heterocycles. The Balaban J connectivity index is 0.000000173. The highest BCUT2D eigenvalue weighted by atomic mass is 32.2. The van der Waals surface area contributed by atoms with Crippen molar-refractivity contribution in [1.82, 2.24) is 39.9 Å². The van der Waals surface area contributed by atoms with E-state index >= 15 is 0 Å². The highest BCUT2D eigenvalue weighted by molar-refractivity contribution is 8.05. The second-order valence-electron chi connectivity index (χ2n) is 22.1. The van der Waals surface area contributed by atoms with Gasteiger partial charge in [-0.15, -0.1) is 34.0 Å². The number of esters is 1. The van der Waals surface area contributed by atoms with Gasteiger partial charge in [-0.1, -0.05) is 68.3 Å². The van der Waals surface area contributed by atoms with E-state index in [-0.39, 0.29) is 84.9 Å². The predicted molar refractivity (Wildman–Crippen MR) is 321 cm³/mol. The standard InChI is InChI=1S/C26H36FN3O4S2Si.C19H22FN3O4S2.C10H13FN2S2/c1-8-11-33-25(32)22-23(15(2)21-20(24(31)30(21)22)16(3)34-37(5,6)7)36-26-28-19(14-35-26)17-9-10-29(4)18(12-17)13-27;1-8-14-13(9(2)24)17(25)23(14)15(18(26)27)16(8)29-19-22-12(7-28-19)10-3-4-21-11(5-10)6-20;1-13-3-2-7(4-8(13)5-11)9-6-15-10(14)12-9/h8-9,14-16,18,20-21H,1,10-13H2,2-7H3;3,7-9,11,13-14,21,24H,4-6H2,1-2H3,(H,26,27);2,6,8H,3-5H2,1H3,(H,12,14)/t15-,16-,18-,20-,21-;8-,9-,11-,13-,14-;8-/m111/s1. The maximum Gasteiger partial charge on any atom is 0.356 e. The van der Waals surface area contributed by atoms with Crippen LogP contribution < -0.4 is 5.32 Å². The number of aliphatic hydroxyl groups is 1. The molecule has 0 aliphatic carbocycles. The molecule has 440 valence electrons. The highest BCUT2D eigenvalue weighted by Crippen LogP contribution is 2.54. The summed E-state index contributed by atoms with van der Waals surface area (Å²) in [6.45, 7) is 18.4. The fourth-order valence-electron chi connectivity index (χ4n) is 11.3. The Morgan fingerprint density at radius 1 is 0.827 bits per heavy atom. The van der Waals surface area contributed by atoms with Gasteiger partial charge in [-0.3, -0.25) is 19.4 Å². The second kappa shape index (κ2) is 26.9. The van der Waals surface area contributed by atoms with Crippen molar-refractivity contribution in [2.24, 2.45) is 23.7 Å². The number of fused-ring (bicyclic) bond motifs is 2. The summed E-state index contributed by atoms with van der Waals surface area (Å²) < 4.78 is 53.1. The van der Waals surface area contributed by atoms with Crippen LogP contribution >= 0.6 is 69.8 Å². The number of halogens is 3. The van der Waals surface area contributed by atoms with E-state index in [2.05, 4.69) is 53.7 Å². The van der Waals surface area contributed by atoms with Crippen LogP contribution in [0, 0.1) is 27.6 Å². The molecular weight excluding hydrogens is 1180 g/mol. The van der Waals surface area contributed by atoms with E-state index in [4.69, 9.17) is 26.4 Å². The summed E-state index contributed by atoms with van der Waals surface area (Å²) >= 11 is 12.1. The number of thioether (sulfide) groups is 2. The van der Waals surface area contributed by atoms with E-state index < -0.39 is 45.6 Å². The zero-order chi connectivity index (χ0) is 58.8. The molecule has 3 aromatic rings. The maximum absolute atomic E-state index is 13.4. The van der Waals surface area contributed by atoms with Crippen molar-refractivity contribution in [3.63, 3.8) is 0 Å². The van der Waals surface area contributed by atoms with Crippen LogP contribution in [0.4, 0.5) is 13.2 Å². The molecule has 7 aliphatic rings. The van der Waals surface area contributed by atoms with E-state index in [0.717, 1.165) is 54.4 Å². The van der Waals surface area contributed by atoms with E-state index in [9.17, 15) is 42.6 Å². The number of β-lactam (4-membered cyclic amide) rings is 2. The molecular formula is C55H71F3N8O8S6Si. The minimum absolute atomic E-state index is 0.00636. The zero-order valence-electron chi connectivity index (χ0n) is 46.8. The van der Waals surface area contributed by atoms with Crippen molar-refractivity contribution in [1.29, 1.82) is 0 Å². The Hall–Kier alpha value is -4.06. The Morgan fingerprint density at radius 3 is 1.88 bits per heavy atom. The monoisotopic (exact) mass is 1250 g/mol. The number of amides is 2. The number of carboxylic acid groups (broad SMARTS) is 1. The number of nitrogens with one attached hydrogen (secondary N) is 2. The summed E-state index contributed by atoms with van der Waals surface area (Å²) in [6, 6.07) is -0.849. The topological polar surface area (TPSA) is 194 Å². The zero-order valence-corrected chi connectivity index (χ0v) is 52.7. The molecule has 4 N–H and O–H groups in total. The lowest BCUT2D eigenvalue weighted by Crippen LogP contribution is -2.64. The Bertz CT molecular complexity index is 3080. The van der Waals surface area contributed by atoms with Gasteiger partial charge in [0.2, 0.25) is 11.8 Å². The second-order valence-corrected chi connectivity index (χ2v) is 32.4. The van der Waals surface area contributed by atoms with Crippen molar-refractivity contribution in [3.8, 4) is 0 Å². The molecule has 0 radical (unpaired) electrons. The number of aromatic amines is 1. The summed E-state index contributed by atoms with van der Waals surface area (Å²) in [6.07, 6.45) is 8.61. The number of aliphatic carboxylic acids is 1. The van der Waals surface area contributed by atoms with Gasteiger partial charge in [0, 0.05) is 75.5 Å². The number of aromatic nitrogens is 3. The largest absolute Gasteiger partial charge is 0.477 e. The Morgan fingerprint density at radius 2 is 1.36 bits per heavy atom. The molecule has 10 heterocycles. The van der Waals surface area contributed by atoms with Gasteiger partial charge in [0.25, 0.3) is 0 Å². The number of hydrogen-bond acceptors (Lipinski definition) is 18. The van der Waals surface area contributed by atoms with Crippen LogP contribution in [-0.4, -0.2) is 180 Å². The number of carbonyl (C=O) groups excluding carboxylic acids is 3. The van der Waals surface area contributed by atoms with Gasteiger partial charge in [-0.2, -0.15) is 0 Å².